The van der Waals surface area contributed by atoms with Gasteiger partial charge in [-0.2, -0.15) is 0 Å². The number of amides is 1. The molecule has 1 aromatic heterocycles. The van der Waals surface area contributed by atoms with Gasteiger partial charge in [-0.3, -0.25) is 4.79 Å². The minimum atomic E-state index is -0.688. The van der Waals surface area contributed by atoms with Crippen LogP contribution in [-0.4, -0.2) is 35.8 Å². The van der Waals surface area contributed by atoms with Crippen molar-refractivity contribution in [2.24, 2.45) is 0 Å². The van der Waals surface area contributed by atoms with Crippen molar-refractivity contribution >= 4 is 5.91 Å². The van der Waals surface area contributed by atoms with E-state index in [1.54, 1.807) is 29.1 Å². The number of imidazole rings is 1. The zero-order chi connectivity index (χ0) is 17.9. The Bertz CT molecular complexity index is 754. The van der Waals surface area contributed by atoms with Crippen LogP contribution in [0.1, 0.15) is 35.9 Å². The lowest BCUT2D eigenvalue weighted by atomic mass is 9.82. The fraction of sp³-hybridized carbons (Fsp3) is 0.444. The molecule has 1 aliphatic heterocycles. The normalized spacial score (nSPS) is 16.4. The standard InChI is InChI=1S/C18H22FN3O3/c1-3-22-9-8-20-16(22)17(23)21-18(6-10-25-11-7-18)13-4-5-15(24-2)14(19)12-13/h4-5,8-9,12H,3,6-7,10-11H2,1-2H3,(H,21,23). The molecule has 0 bridgehead atoms. The number of carbonyl (C=O) groups is 1. The lowest BCUT2D eigenvalue weighted by Gasteiger charge is -2.38. The third-order valence-electron chi connectivity index (χ3n) is 4.66. The molecule has 6 nitrogen and oxygen atoms in total. The van der Waals surface area contributed by atoms with Gasteiger partial charge in [-0.1, -0.05) is 6.07 Å². The second-order valence-corrected chi connectivity index (χ2v) is 6.03. The lowest BCUT2D eigenvalue weighted by molar-refractivity contribution is 0.0340. The summed E-state index contributed by atoms with van der Waals surface area (Å²) in [7, 11) is 1.43. The van der Waals surface area contributed by atoms with Gasteiger partial charge in [0.25, 0.3) is 5.91 Å². The molecule has 1 aromatic carbocycles. The van der Waals surface area contributed by atoms with Gasteiger partial charge in [0.2, 0.25) is 0 Å². The highest BCUT2D eigenvalue weighted by Crippen LogP contribution is 2.34. The van der Waals surface area contributed by atoms with Gasteiger partial charge < -0.3 is 19.4 Å². The van der Waals surface area contributed by atoms with E-state index in [9.17, 15) is 9.18 Å². The van der Waals surface area contributed by atoms with Gasteiger partial charge in [-0.25, -0.2) is 9.37 Å². The minimum absolute atomic E-state index is 0.179. The Labute approximate surface area is 146 Å². The van der Waals surface area contributed by atoms with Crippen molar-refractivity contribution in [1.29, 1.82) is 0 Å². The second kappa shape index (κ2) is 7.23. The Balaban J connectivity index is 1.94. The van der Waals surface area contributed by atoms with Gasteiger partial charge in [0.05, 0.1) is 12.6 Å². The summed E-state index contributed by atoms with van der Waals surface area (Å²) in [6, 6.07) is 4.80. The van der Waals surface area contributed by atoms with Crippen LogP contribution in [0, 0.1) is 5.82 Å². The quantitative estimate of drug-likeness (QED) is 0.902. The number of hydrogen-bond acceptors (Lipinski definition) is 4. The van der Waals surface area contributed by atoms with Crippen molar-refractivity contribution in [3.8, 4) is 5.75 Å². The maximum absolute atomic E-state index is 14.2. The molecule has 0 spiro atoms. The molecule has 0 radical (unpaired) electrons. The molecule has 0 unspecified atom stereocenters. The van der Waals surface area contributed by atoms with Crippen molar-refractivity contribution in [3.05, 3.63) is 47.8 Å². The van der Waals surface area contributed by atoms with Crippen LogP contribution in [-0.2, 0) is 16.8 Å². The van der Waals surface area contributed by atoms with Crippen molar-refractivity contribution in [3.63, 3.8) is 0 Å². The summed E-state index contributed by atoms with van der Waals surface area (Å²) >= 11 is 0. The molecule has 2 aromatic rings. The predicted molar refractivity (Wildman–Crippen MR) is 90.1 cm³/mol. The topological polar surface area (TPSA) is 65.4 Å². The molecule has 1 aliphatic rings. The highest BCUT2D eigenvalue weighted by atomic mass is 19.1. The highest BCUT2D eigenvalue weighted by molar-refractivity contribution is 5.91. The molecule has 2 heterocycles. The van der Waals surface area contributed by atoms with Crippen molar-refractivity contribution in [2.75, 3.05) is 20.3 Å². The van der Waals surface area contributed by atoms with E-state index in [0.717, 1.165) is 0 Å². The summed E-state index contributed by atoms with van der Waals surface area (Å²) in [5.41, 5.74) is 0.0181. The molecule has 0 aliphatic carbocycles. The molecular formula is C18H22FN3O3. The van der Waals surface area contributed by atoms with E-state index in [-0.39, 0.29) is 11.7 Å². The molecule has 1 N–H and O–H groups in total. The summed E-state index contributed by atoms with van der Waals surface area (Å²) in [6.07, 6.45) is 4.50. The van der Waals surface area contributed by atoms with Crippen LogP contribution in [0.3, 0.4) is 0 Å². The number of hydrogen-bond donors (Lipinski definition) is 1. The maximum atomic E-state index is 14.2. The third kappa shape index (κ3) is 3.37. The van der Waals surface area contributed by atoms with Crippen molar-refractivity contribution in [2.45, 2.75) is 31.8 Å². The fourth-order valence-corrected chi connectivity index (χ4v) is 3.22. The SMILES string of the molecule is CCn1ccnc1C(=O)NC1(c2ccc(OC)c(F)c2)CCOCC1. The Morgan fingerprint density at radius 1 is 1.44 bits per heavy atom. The summed E-state index contributed by atoms with van der Waals surface area (Å²) in [5, 5.41) is 3.08. The van der Waals surface area contributed by atoms with E-state index in [0.29, 0.717) is 44.0 Å². The molecule has 134 valence electrons. The zero-order valence-corrected chi connectivity index (χ0v) is 14.4. The fourth-order valence-electron chi connectivity index (χ4n) is 3.22. The monoisotopic (exact) mass is 347 g/mol. The van der Waals surface area contributed by atoms with Gasteiger partial charge in [-0.05, 0) is 37.5 Å². The van der Waals surface area contributed by atoms with E-state index in [1.165, 1.54) is 13.2 Å². The summed E-state index contributed by atoms with van der Waals surface area (Å²) < 4.78 is 26.4. The molecule has 0 atom stereocenters. The Hall–Kier alpha value is -2.41. The first-order valence-electron chi connectivity index (χ1n) is 8.35. The first kappa shape index (κ1) is 17.4. The maximum Gasteiger partial charge on any atom is 0.287 e. The smallest absolute Gasteiger partial charge is 0.287 e. The van der Waals surface area contributed by atoms with Gasteiger partial charge in [0.1, 0.15) is 0 Å². The summed E-state index contributed by atoms with van der Waals surface area (Å²) in [6.45, 7) is 3.59. The molecule has 1 fully saturated rings. The predicted octanol–water partition coefficient (Wildman–Crippen LogP) is 2.49. The molecule has 0 saturated carbocycles. The average molecular weight is 347 g/mol. The van der Waals surface area contributed by atoms with E-state index in [2.05, 4.69) is 10.3 Å². The summed E-state index contributed by atoms with van der Waals surface area (Å²) in [5.74, 6) is -0.193. The van der Waals surface area contributed by atoms with Crippen LogP contribution in [0.25, 0.3) is 0 Å². The third-order valence-corrected chi connectivity index (χ3v) is 4.66. The van der Waals surface area contributed by atoms with Crippen LogP contribution < -0.4 is 10.1 Å². The van der Waals surface area contributed by atoms with Crippen LogP contribution in [0.4, 0.5) is 4.39 Å². The van der Waals surface area contributed by atoms with Crippen LogP contribution >= 0.6 is 0 Å². The van der Waals surface area contributed by atoms with Crippen molar-refractivity contribution in [1.82, 2.24) is 14.9 Å². The van der Waals surface area contributed by atoms with Gasteiger partial charge in [0, 0.05) is 32.2 Å². The molecule has 1 amide bonds. The van der Waals surface area contributed by atoms with Crippen LogP contribution in [0.5, 0.6) is 5.75 Å². The number of ether oxygens (including phenoxy) is 2. The number of benzene rings is 1. The first-order chi connectivity index (χ1) is 12.1. The largest absolute Gasteiger partial charge is 0.494 e. The molecular weight excluding hydrogens is 325 g/mol. The Kier molecular flexibility index (Phi) is 5.03. The Morgan fingerprint density at radius 3 is 2.84 bits per heavy atom. The zero-order valence-electron chi connectivity index (χ0n) is 14.4. The number of nitrogens with one attached hydrogen (secondary N) is 1. The number of rotatable bonds is 5. The van der Waals surface area contributed by atoms with Crippen LogP contribution in [0.2, 0.25) is 0 Å². The number of aromatic nitrogens is 2. The van der Waals surface area contributed by atoms with E-state index in [4.69, 9.17) is 9.47 Å². The number of carbonyl (C=O) groups excluding carboxylic acids is 1. The number of aryl methyl sites for hydroxylation is 1. The van der Waals surface area contributed by atoms with E-state index >= 15 is 0 Å². The van der Waals surface area contributed by atoms with Crippen LogP contribution in [0.15, 0.2) is 30.6 Å². The van der Waals surface area contributed by atoms with E-state index < -0.39 is 11.4 Å². The molecule has 7 heteroatoms. The second-order valence-electron chi connectivity index (χ2n) is 6.03. The first-order valence-corrected chi connectivity index (χ1v) is 8.35. The van der Waals surface area contributed by atoms with E-state index in [1.807, 2.05) is 6.92 Å². The van der Waals surface area contributed by atoms with Crippen molar-refractivity contribution < 1.29 is 18.7 Å². The lowest BCUT2D eigenvalue weighted by Crippen LogP contribution is -2.50. The number of methoxy groups -OCH3 is 1. The number of halogens is 1. The Morgan fingerprint density at radius 2 is 2.20 bits per heavy atom. The summed E-state index contributed by atoms with van der Waals surface area (Å²) in [4.78, 5) is 16.9. The van der Waals surface area contributed by atoms with Gasteiger partial charge >= 0.3 is 0 Å². The van der Waals surface area contributed by atoms with Gasteiger partial charge in [0.15, 0.2) is 17.4 Å². The minimum Gasteiger partial charge on any atom is -0.494 e. The molecule has 25 heavy (non-hydrogen) atoms. The number of nitrogens with zero attached hydrogens (tertiary/aromatic N) is 2. The average Bonchev–Trinajstić information content (AvgIpc) is 3.11. The highest BCUT2D eigenvalue weighted by Gasteiger charge is 2.37. The molecule has 3 rings (SSSR count). The molecule has 1 saturated heterocycles. The van der Waals surface area contributed by atoms with Gasteiger partial charge in [-0.15, -0.1) is 0 Å².